The van der Waals surface area contributed by atoms with Crippen molar-refractivity contribution in [1.82, 2.24) is 15.1 Å². The van der Waals surface area contributed by atoms with Gasteiger partial charge in [0.05, 0.1) is 6.54 Å². The highest BCUT2D eigenvalue weighted by Gasteiger charge is 2.24. The van der Waals surface area contributed by atoms with Gasteiger partial charge in [-0.25, -0.2) is 9.18 Å². The number of nitrogens with one attached hydrogen (secondary N) is 2. The minimum absolute atomic E-state index is 0.0236. The molecule has 2 aromatic rings. The zero-order valence-electron chi connectivity index (χ0n) is 18.2. The first-order chi connectivity index (χ1) is 15.9. The second kappa shape index (κ2) is 9.86. The number of hydrogen-bond donors (Lipinski definition) is 2. The molecule has 0 unspecified atom stereocenters. The van der Waals surface area contributed by atoms with Gasteiger partial charge in [-0.05, 0) is 36.8 Å². The van der Waals surface area contributed by atoms with Crippen LogP contribution in [0.1, 0.15) is 15.9 Å². The van der Waals surface area contributed by atoms with Crippen LogP contribution >= 0.6 is 0 Å². The summed E-state index contributed by atoms with van der Waals surface area (Å²) >= 11 is 0. The number of carbonyl (C=O) groups is 3. The Morgan fingerprint density at radius 1 is 0.970 bits per heavy atom. The standard InChI is InChI=1S/C23H25FN4O5/c1-15-2-3-16(12-18(15)24)22(30)28-8-6-27(7-9-28)14-21(29)26-23(31)25-17-4-5-19-20(13-17)33-11-10-32-19/h2-5,12-13H,6-11,14H2,1H3,(H2,25,26,29,31). The monoisotopic (exact) mass is 456 g/mol. The number of hydrogen-bond acceptors (Lipinski definition) is 6. The van der Waals surface area contributed by atoms with Crippen LogP contribution in [0, 0.1) is 12.7 Å². The highest BCUT2D eigenvalue weighted by Crippen LogP contribution is 2.32. The summed E-state index contributed by atoms with van der Waals surface area (Å²) in [5.74, 6) is 0.0347. The number of urea groups is 1. The third kappa shape index (κ3) is 5.58. The van der Waals surface area contributed by atoms with Crippen molar-refractivity contribution in [2.24, 2.45) is 0 Å². The summed E-state index contributed by atoms with van der Waals surface area (Å²) in [5.41, 5.74) is 1.27. The molecule has 2 aliphatic rings. The van der Waals surface area contributed by atoms with Crippen molar-refractivity contribution in [2.75, 3.05) is 51.3 Å². The Bertz CT molecular complexity index is 1070. The second-order valence-electron chi connectivity index (χ2n) is 7.89. The van der Waals surface area contributed by atoms with E-state index in [0.29, 0.717) is 67.7 Å². The number of carbonyl (C=O) groups excluding carboxylic acids is 3. The van der Waals surface area contributed by atoms with Gasteiger partial charge in [-0.2, -0.15) is 0 Å². The molecule has 10 heteroatoms. The van der Waals surface area contributed by atoms with Crippen molar-refractivity contribution >= 4 is 23.5 Å². The maximum Gasteiger partial charge on any atom is 0.325 e. The molecule has 0 saturated carbocycles. The number of piperazine rings is 1. The third-order valence-corrected chi connectivity index (χ3v) is 5.50. The van der Waals surface area contributed by atoms with E-state index >= 15 is 0 Å². The van der Waals surface area contributed by atoms with Crippen LogP contribution in [0.25, 0.3) is 0 Å². The van der Waals surface area contributed by atoms with Crippen molar-refractivity contribution < 1.29 is 28.2 Å². The molecule has 174 valence electrons. The van der Waals surface area contributed by atoms with Gasteiger partial charge in [0.15, 0.2) is 11.5 Å². The Morgan fingerprint density at radius 3 is 2.42 bits per heavy atom. The first-order valence-corrected chi connectivity index (χ1v) is 10.7. The van der Waals surface area contributed by atoms with Crippen molar-refractivity contribution in [1.29, 1.82) is 0 Å². The summed E-state index contributed by atoms with van der Waals surface area (Å²) in [6, 6.07) is 8.78. The zero-order valence-corrected chi connectivity index (χ0v) is 18.2. The third-order valence-electron chi connectivity index (χ3n) is 5.50. The number of amides is 4. The summed E-state index contributed by atoms with van der Waals surface area (Å²) in [7, 11) is 0. The highest BCUT2D eigenvalue weighted by atomic mass is 19.1. The molecule has 1 saturated heterocycles. The molecule has 0 atom stereocenters. The summed E-state index contributed by atoms with van der Waals surface area (Å²) < 4.78 is 24.7. The predicted molar refractivity (Wildman–Crippen MR) is 118 cm³/mol. The first-order valence-electron chi connectivity index (χ1n) is 10.7. The van der Waals surface area contributed by atoms with Crippen LogP contribution < -0.4 is 20.1 Å². The number of benzene rings is 2. The fourth-order valence-electron chi connectivity index (χ4n) is 3.67. The summed E-state index contributed by atoms with van der Waals surface area (Å²) in [5, 5.41) is 4.90. The molecule has 2 N–H and O–H groups in total. The second-order valence-corrected chi connectivity index (χ2v) is 7.89. The number of halogens is 1. The van der Waals surface area contributed by atoms with Crippen molar-refractivity contribution in [3.63, 3.8) is 0 Å². The molecule has 0 radical (unpaired) electrons. The number of nitrogens with zero attached hydrogens (tertiary/aromatic N) is 2. The maximum atomic E-state index is 13.8. The molecule has 9 nitrogen and oxygen atoms in total. The van der Waals surface area contributed by atoms with Gasteiger partial charge in [0, 0.05) is 43.5 Å². The summed E-state index contributed by atoms with van der Waals surface area (Å²) in [4.78, 5) is 40.5. The lowest BCUT2D eigenvalue weighted by Crippen LogP contribution is -2.51. The lowest BCUT2D eigenvalue weighted by Gasteiger charge is -2.34. The Morgan fingerprint density at radius 2 is 1.70 bits per heavy atom. The predicted octanol–water partition coefficient (Wildman–Crippen LogP) is 2.01. The molecule has 4 amide bonds. The lowest BCUT2D eigenvalue weighted by molar-refractivity contribution is -0.121. The van der Waals surface area contributed by atoms with Crippen LogP contribution in [0.2, 0.25) is 0 Å². The van der Waals surface area contributed by atoms with Gasteiger partial charge in [-0.1, -0.05) is 6.07 Å². The Kier molecular flexibility index (Phi) is 6.74. The van der Waals surface area contributed by atoms with Gasteiger partial charge >= 0.3 is 6.03 Å². The molecule has 2 aliphatic heterocycles. The molecular formula is C23H25FN4O5. The molecule has 1 fully saturated rings. The number of ether oxygens (including phenoxy) is 2. The molecule has 0 aliphatic carbocycles. The largest absolute Gasteiger partial charge is 0.486 e. The van der Waals surface area contributed by atoms with E-state index in [0.717, 1.165) is 0 Å². The van der Waals surface area contributed by atoms with Gasteiger partial charge in [-0.3, -0.25) is 19.8 Å². The van der Waals surface area contributed by atoms with E-state index in [9.17, 15) is 18.8 Å². The molecule has 2 heterocycles. The van der Waals surface area contributed by atoms with Gasteiger partial charge < -0.3 is 19.7 Å². The van der Waals surface area contributed by atoms with Crippen LogP contribution in [-0.2, 0) is 4.79 Å². The first kappa shape index (κ1) is 22.5. The average Bonchev–Trinajstić information content (AvgIpc) is 2.80. The van der Waals surface area contributed by atoms with Crippen LogP contribution in [0.5, 0.6) is 11.5 Å². The van der Waals surface area contributed by atoms with Crippen molar-refractivity contribution in [3.05, 3.63) is 53.3 Å². The van der Waals surface area contributed by atoms with E-state index in [2.05, 4.69) is 10.6 Å². The lowest BCUT2D eigenvalue weighted by atomic mass is 10.1. The van der Waals surface area contributed by atoms with Crippen LogP contribution in [0.4, 0.5) is 14.9 Å². The van der Waals surface area contributed by atoms with Gasteiger partial charge in [0.1, 0.15) is 19.0 Å². The SMILES string of the molecule is Cc1ccc(C(=O)N2CCN(CC(=O)NC(=O)Nc3ccc4c(c3)OCCO4)CC2)cc1F. The smallest absolute Gasteiger partial charge is 0.325 e. The average molecular weight is 456 g/mol. The number of aryl methyl sites for hydroxylation is 1. The minimum Gasteiger partial charge on any atom is -0.486 e. The van der Waals surface area contributed by atoms with E-state index in [-0.39, 0.29) is 12.5 Å². The molecule has 4 rings (SSSR count). The highest BCUT2D eigenvalue weighted by molar-refractivity contribution is 6.02. The molecule has 33 heavy (non-hydrogen) atoms. The van der Waals surface area contributed by atoms with Crippen LogP contribution in [-0.4, -0.2) is 73.6 Å². The quantitative estimate of drug-likeness (QED) is 0.730. The number of imide groups is 1. The molecule has 0 spiro atoms. The summed E-state index contributed by atoms with van der Waals surface area (Å²) in [6.07, 6.45) is 0. The zero-order chi connectivity index (χ0) is 23.4. The molecule has 2 aromatic carbocycles. The minimum atomic E-state index is -0.646. The van der Waals surface area contributed by atoms with Gasteiger partial charge in [0.2, 0.25) is 5.91 Å². The Balaban J connectivity index is 1.22. The fourth-order valence-corrected chi connectivity index (χ4v) is 3.67. The molecule has 0 bridgehead atoms. The Hall–Kier alpha value is -3.66. The van der Waals surface area contributed by atoms with Crippen LogP contribution in [0.3, 0.4) is 0 Å². The van der Waals surface area contributed by atoms with Gasteiger partial charge in [0.25, 0.3) is 5.91 Å². The number of rotatable bonds is 4. The molecule has 0 aromatic heterocycles. The maximum absolute atomic E-state index is 13.8. The topological polar surface area (TPSA) is 100 Å². The van der Waals surface area contributed by atoms with E-state index in [1.165, 1.54) is 6.07 Å². The van der Waals surface area contributed by atoms with E-state index in [4.69, 9.17) is 9.47 Å². The van der Waals surface area contributed by atoms with Gasteiger partial charge in [-0.15, -0.1) is 0 Å². The van der Waals surface area contributed by atoms with E-state index < -0.39 is 17.8 Å². The summed E-state index contributed by atoms with van der Waals surface area (Å²) in [6.45, 7) is 4.33. The molecular weight excluding hydrogens is 431 g/mol. The normalized spacial score (nSPS) is 15.6. The number of anilines is 1. The number of fused-ring (bicyclic) bond motifs is 1. The van der Waals surface area contributed by atoms with E-state index in [1.807, 2.05) is 4.90 Å². The van der Waals surface area contributed by atoms with Crippen LogP contribution in [0.15, 0.2) is 36.4 Å². The fraction of sp³-hybridized carbons (Fsp3) is 0.348. The Labute approximate surface area is 190 Å². The van der Waals surface area contributed by atoms with Crippen molar-refractivity contribution in [2.45, 2.75) is 6.92 Å². The van der Waals surface area contributed by atoms with E-state index in [1.54, 1.807) is 42.2 Å². The van der Waals surface area contributed by atoms with Crippen molar-refractivity contribution in [3.8, 4) is 11.5 Å².